The summed E-state index contributed by atoms with van der Waals surface area (Å²) in [7, 11) is 1.86. The molecule has 4 rings (SSSR count). The van der Waals surface area contributed by atoms with Gasteiger partial charge in [0, 0.05) is 25.7 Å². The van der Waals surface area contributed by atoms with Crippen molar-refractivity contribution in [1.82, 2.24) is 15.1 Å². The Balaban J connectivity index is 1.66. The Hall–Kier alpha value is -1.03. The maximum Gasteiger partial charge on any atom is 0.269 e. The topological polar surface area (TPSA) is 35.6 Å². The molecule has 1 amide bonds. The maximum atomic E-state index is 12.6. The van der Waals surface area contributed by atoms with Gasteiger partial charge in [0.15, 0.2) is 0 Å². The van der Waals surface area contributed by atoms with Crippen molar-refractivity contribution < 1.29 is 4.79 Å². The fourth-order valence-electron chi connectivity index (χ4n) is 5.22. The summed E-state index contributed by atoms with van der Waals surface area (Å²) in [6.07, 6.45) is 8.43. The van der Waals surface area contributed by atoms with E-state index in [9.17, 15) is 4.79 Å². The average molecular weight is 275 g/mol. The summed E-state index contributed by atoms with van der Waals surface area (Å²) in [6, 6.07) is 1.22. The van der Waals surface area contributed by atoms with Crippen molar-refractivity contribution in [2.45, 2.75) is 44.2 Å². The average Bonchev–Trinajstić information content (AvgIpc) is 2.49. The van der Waals surface area contributed by atoms with Gasteiger partial charge in [-0.25, -0.2) is 0 Å². The molecule has 4 aliphatic heterocycles. The van der Waals surface area contributed by atoms with Crippen molar-refractivity contribution in [3.63, 3.8) is 0 Å². The standard InChI is InChI=1S/C16H25N3O/c1-17-13-6-7-14-12-5-3-9-18-8-2-4-11(15(12)18)10-19(14)16(13)20/h6,11-12,14-15,17H,2-5,7-10H2,1H3/t11-,12+,14+,15-/m0/s1. The number of fused-ring (bicyclic) bond motifs is 2. The lowest BCUT2D eigenvalue weighted by molar-refractivity contribution is -0.143. The van der Waals surface area contributed by atoms with Crippen LogP contribution >= 0.6 is 0 Å². The molecule has 0 aromatic rings. The Kier molecular flexibility index (Phi) is 3.02. The van der Waals surface area contributed by atoms with Crippen molar-refractivity contribution >= 4 is 5.91 Å². The van der Waals surface area contributed by atoms with Crippen molar-refractivity contribution in [1.29, 1.82) is 0 Å². The van der Waals surface area contributed by atoms with Crippen LogP contribution in [0.5, 0.6) is 0 Å². The van der Waals surface area contributed by atoms with Gasteiger partial charge in [-0.2, -0.15) is 0 Å². The van der Waals surface area contributed by atoms with Crippen LogP contribution in [0.3, 0.4) is 0 Å². The number of piperidine rings is 3. The smallest absolute Gasteiger partial charge is 0.269 e. The maximum absolute atomic E-state index is 12.6. The zero-order chi connectivity index (χ0) is 13.7. The lowest BCUT2D eigenvalue weighted by Gasteiger charge is -2.58. The lowest BCUT2D eigenvalue weighted by Crippen LogP contribution is -2.66. The van der Waals surface area contributed by atoms with E-state index < -0.39 is 0 Å². The first-order chi connectivity index (χ1) is 9.79. The van der Waals surface area contributed by atoms with Gasteiger partial charge < -0.3 is 10.2 Å². The van der Waals surface area contributed by atoms with Gasteiger partial charge in [0.2, 0.25) is 0 Å². The molecule has 0 radical (unpaired) electrons. The quantitative estimate of drug-likeness (QED) is 0.781. The van der Waals surface area contributed by atoms with Crippen molar-refractivity contribution in [3.8, 4) is 0 Å². The largest absolute Gasteiger partial charge is 0.384 e. The summed E-state index contributed by atoms with van der Waals surface area (Å²) < 4.78 is 0. The molecule has 110 valence electrons. The minimum Gasteiger partial charge on any atom is -0.384 e. The predicted octanol–water partition coefficient (Wildman–Crippen LogP) is 1.19. The summed E-state index contributed by atoms with van der Waals surface area (Å²) in [4.78, 5) is 17.5. The minimum absolute atomic E-state index is 0.241. The summed E-state index contributed by atoms with van der Waals surface area (Å²) in [5.41, 5.74) is 0.808. The Morgan fingerprint density at radius 3 is 2.85 bits per heavy atom. The van der Waals surface area contributed by atoms with E-state index in [4.69, 9.17) is 0 Å². The highest BCUT2D eigenvalue weighted by molar-refractivity contribution is 5.94. The summed E-state index contributed by atoms with van der Waals surface area (Å²) >= 11 is 0. The van der Waals surface area contributed by atoms with Gasteiger partial charge in [0.1, 0.15) is 0 Å². The molecule has 4 heteroatoms. The number of hydrogen-bond acceptors (Lipinski definition) is 3. The van der Waals surface area contributed by atoms with Crippen LogP contribution in [0.1, 0.15) is 32.1 Å². The van der Waals surface area contributed by atoms with Crippen LogP contribution in [0, 0.1) is 11.8 Å². The van der Waals surface area contributed by atoms with E-state index in [1.54, 1.807) is 0 Å². The predicted molar refractivity (Wildman–Crippen MR) is 78.1 cm³/mol. The van der Waals surface area contributed by atoms with Crippen molar-refractivity contribution in [2.24, 2.45) is 11.8 Å². The van der Waals surface area contributed by atoms with Gasteiger partial charge in [0.25, 0.3) is 5.91 Å². The second kappa shape index (κ2) is 4.76. The molecule has 3 saturated heterocycles. The van der Waals surface area contributed by atoms with Gasteiger partial charge in [-0.3, -0.25) is 9.69 Å². The number of nitrogens with zero attached hydrogens (tertiary/aromatic N) is 2. The zero-order valence-corrected chi connectivity index (χ0v) is 12.3. The third kappa shape index (κ3) is 1.73. The second-order valence-electron chi connectivity index (χ2n) is 6.86. The fourth-order valence-corrected chi connectivity index (χ4v) is 5.22. The van der Waals surface area contributed by atoms with Crippen LogP contribution in [-0.4, -0.2) is 54.5 Å². The van der Waals surface area contributed by atoms with Crippen LogP contribution in [0.15, 0.2) is 11.8 Å². The van der Waals surface area contributed by atoms with E-state index in [1.165, 1.54) is 38.8 Å². The third-order valence-electron chi connectivity index (χ3n) is 6.00. The molecular weight excluding hydrogens is 250 g/mol. The third-order valence-corrected chi connectivity index (χ3v) is 6.00. The van der Waals surface area contributed by atoms with Crippen LogP contribution in [0.4, 0.5) is 0 Å². The normalized spacial score (nSPS) is 40.8. The number of hydrogen-bond donors (Lipinski definition) is 1. The molecule has 4 atom stereocenters. The first kappa shape index (κ1) is 12.7. The van der Waals surface area contributed by atoms with E-state index in [1.807, 2.05) is 7.05 Å². The molecule has 4 heterocycles. The van der Waals surface area contributed by atoms with E-state index in [0.717, 1.165) is 24.7 Å². The molecule has 0 spiro atoms. The Labute approximate surface area is 121 Å². The van der Waals surface area contributed by atoms with Crippen LogP contribution in [0.2, 0.25) is 0 Å². The van der Waals surface area contributed by atoms with E-state index >= 15 is 0 Å². The first-order valence-electron chi connectivity index (χ1n) is 8.22. The van der Waals surface area contributed by atoms with Gasteiger partial charge in [-0.1, -0.05) is 6.08 Å². The highest BCUT2D eigenvalue weighted by Gasteiger charge is 2.50. The fraction of sp³-hybridized carbons (Fsp3) is 0.812. The highest BCUT2D eigenvalue weighted by atomic mass is 16.2. The number of carbonyl (C=O) groups is 1. The van der Waals surface area contributed by atoms with Gasteiger partial charge in [-0.05, 0) is 57.0 Å². The highest BCUT2D eigenvalue weighted by Crippen LogP contribution is 2.44. The van der Waals surface area contributed by atoms with Gasteiger partial charge in [0.05, 0.1) is 5.70 Å². The lowest BCUT2D eigenvalue weighted by atomic mass is 9.68. The molecule has 4 nitrogen and oxygen atoms in total. The minimum atomic E-state index is 0.241. The summed E-state index contributed by atoms with van der Waals surface area (Å²) in [5, 5.41) is 3.07. The molecule has 0 aromatic carbocycles. The molecular formula is C16H25N3O. The molecule has 3 fully saturated rings. The monoisotopic (exact) mass is 275 g/mol. The number of likely N-dealkylation sites (N-methyl/N-ethyl adjacent to an activating group) is 1. The number of amides is 1. The molecule has 20 heavy (non-hydrogen) atoms. The van der Waals surface area contributed by atoms with Gasteiger partial charge >= 0.3 is 0 Å². The van der Waals surface area contributed by atoms with Crippen molar-refractivity contribution in [3.05, 3.63) is 11.8 Å². The second-order valence-corrected chi connectivity index (χ2v) is 6.86. The first-order valence-corrected chi connectivity index (χ1v) is 8.22. The SMILES string of the molecule is CNC1=CC[C@@H]2[C@H]3CCCN4CCC[C@@H](CN2C1=O)[C@@H]34. The van der Waals surface area contributed by atoms with E-state index in [-0.39, 0.29) is 5.91 Å². The number of carbonyl (C=O) groups excluding carboxylic acids is 1. The molecule has 0 aromatic heterocycles. The van der Waals surface area contributed by atoms with E-state index in [2.05, 4.69) is 21.2 Å². The van der Waals surface area contributed by atoms with Crippen LogP contribution in [0.25, 0.3) is 0 Å². The molecule has 0 bridgehead atoms. The Bertz CT molecular complexity index is 445. The molecule has 1 N–H and O–H groups in total. The Morgan fingerprint density at radius 1 is 1.25 bits per heavy atom. The van der Waals surface area contributed by atoms with Crippen molar-refractivity contribution in [2.75, 3.05) is 26.7 Å². The zero-order valence-electron chi connectivity index (χ0n) is 12.3. The summed E-state index contributed by atoms with van der Waals surface area (Å²) in [6.45, 7) is 3.56. The molecule has 0 unspecified atom stereocenters. The van der Waals surface area contributed by atoms with Crippen LogP contribution < -0.4 is 5.32 Å². The number of rotatable bonds is 1. The molecule has 0 aliphatic carbocycles. The van der Waals surface area contributed by atoms with E-state index in [0.29, 0.717) is 17.9 Å². The Morgan fingerprint density at radius 2 is 2.05 bits per heavy atom. The molecule has 4 aliphatic rings. The number of nitrogens with one attached hydrogen (secondary N) is 1. The molecule has 0 saturated carbocycles. The van der Waals surface area contributed by atoms with Gasteiger partial charge in [-0.15, -0.1) is 0 Å². The summed E-state index contributed by atoms with van der Waals surface area (Å²) in [5.74, 6) is 1.66. The van der Waals surface area contributed by atoms with Crippen LogP contribution in [-0.2, 0) is 4.79 Å².